The number of nitrogens with one attached hydrogen (secondary N) is 1. The number of alkyl halides is 1. The number of benzene rings is 1. The average Bonchev–Trinajstić information content (AvgIpc) is 2.46. The number of amides is 1. The Morgan fingerprint density at radius 3 is 2.60 bits per heavy atom. The van der Waals surface area contributed by atoms with Crippen LogP contribution in [0, 0.1) is 5.41 Å². The van der Waals surface area contributed by atoms with Crippen molar-refractivity contribution in [3.63, 3.8) is 0 Å². The molecule has 2 nitrogen and oxygen atoms in total. The van der Waals surface area contributed by atoms with E-state index in [1.54, 1.807) is 0 Å². The van der Waals surface area contributed by atoms with Crippen molar-refractivity contribution in [2.45, 2.75) is 52.5 Å². The lowest BCUT2D eigenvalue weighted by molar-refractivity contribution is -0.129. The van der Waals surface area contributed by atoms with E-state index in [4.69, 9.17) is 11.6 Å². The summed E-state index contributed by atoms with van der Waals surface area (Å²) in [5.74, 6) is 0.341. The molecule has 1 aliphatic carbocycles. The van der Waals surface area contributed by atoms with Crippen molar-refractivity contribution in [1.82, 2.24) is 5.32 Å². The van der Waals surface area contributed by atoms with Crippen LogP contribution in [0.1, 0.15) is 56.3 Å². The first-order valence-electron chi connectivity index (χ1n) is 7.42. The third-order valence-electron chi connectivity index (χ3n) is 4.17. The van der Waals surface area contributed by atoms with E-state index in [1.807, 2.05) is 20.8 Å². The number of hydrogen-bond donors (Lipinski definition) is 1. The fourth-order valence-electron chi connectivity index (χ4n) is 2.56. The lowest BCUT2D eigenvalue weighted by atomic mass is 9.89. The highest BCUT2D eigenvalue weighted by molar-refractivity contribution is 6.19. The minimum atomic E-state index is -0.524. The second-order valence-electron chi connectivity index (χ2n) is 6.45. The highest BCUT2D eigenvalue weighted by Crippen LogP contribution is 2.26. The van der Waals surface area contributed by atoms with Gasteiger partial charge in [0.2, 0.25) is 5.91 Å². The molecule has 1 aliphatic rings. The van der Waals surface area contributed by atoms with Crippen LogP contribution in [0.3, 0.4) is 0 Å². The maximum atomic E-state index is 12.2. The summed E-state index contributed by atoms with van der Waals surface area (Å²) >= 11 is 5.85. The van der Waals surface area contributed by atoms with Crippen LogP contribution in [-0.2, 0) is 17.6 Å². The van der Waals surface area contributed by atoms with Crippen LogP contribution in [0.4, 0.5) is 0 Å². The van der Waals surface area contributed by atoms with Crippen LogP contribution in [-0.4, -0.2) is 11.8 Å². The Hall–Kier alpha value is -1.02. The molecule has 0 fully saturated rings. The topological polar surface area (TPSA) is 29.1 Å². The molecule has 1 unspecified atom stereocenters. The Bertz CT molecular complexity index is 496. The molecule has 2 rings (SSSR count). The summed E-state index contributed by atoms with van der Waals surface area (Å²) in [7, 11) is 0. The Labute approximate surface area is 126 Å². The van der Waals surface area contributed by atoms with Gasteiger partial charge >= 0.3 is 0 Å². The number of halogens is 1. The first-order valence-corrected chi connectivity index (χ1v) is 7.96. The first kappa shape index (κ1) is 15.4. The van der Waals surface area contributed by atoms with Gasteiger partial charge in [0.25, 0.3) is 0 Å². The molecule has 0 radical (unpaired) electrons. The zero-order chi connectivity index (χ0) is 14.8. The molecule has 0 spiro atoms. The van der Waals surface area contributed by atoms with E-state index in [9.17, 15) is 4.79 Å². The van der Waals surface area contributed by atoms with E-state index in [1.165, 1.54) is 36.0 Å². The van der Waals surface area contributed by atoms with Gasteiger partial charge < -0.3 is 5.32 Å². The Balaban J connectivity index is 2.10. The molecule has 110 valence electrons. The van der Waals surface area contributed by atoms with Gasteiger partial charge in [0, 0.05) is 5.88 Å². The fourth-order valence-corrected chi connectivity index (χ4v) is 2.68. The largest absolute Gasteiger partial charge is 0.349 e. The second kappa shape index (κ2) is 6.17. The van der Waals surface area contributed by atoms with Crippen molar-refractivity contribution in [2.75, 3.05) is 5.88 Å². The SMILES string of the molecule is CC(NC(=O)C(C)(C)CCl)c1ccc2c(c1)CCCC2. The third kappa shape index (κ3) is 3.35. The number of carbonyl (C=O) groups is 1. The Morgan fingerprint density at radius 1 is 1.30 bits per heavy atom. The number of fused-ring (bicyclic) bond motifs is 1. The Kier molecular flexibility index (Phi) is 4.74. The van der Waals surface area contributed by atoms with Crippen molar-refractivity contribution in [3.05, 3.63) is 34.9 Å². The zero-order valence-electron chi connectivity index (χ0n) is 12.6. The van der Waals surface area contributed by atoms with Gasteiger partial charge in [0.1, 0.15) is 0 Å². The quantitative estimate of drug-likeness (QED) is 0.835. The summed E-state index contributed by atoms with van der Waals surface area (Å²) in [6, 6.07) is 6.65. The number of carbonyl (C=O) groups excluding carboxylic acids is 1. The van der Waals surface area contributed by atoms with Gasteiger partial charge in [-0.25, -0.2) is 0 Å². The summed E-state index contributed by atoms with van der Waals surface area (Å²) < 4.78 is 0. The van der Waals surface area contributed by atoms with E-state index >= 15 is 0 Å². The molecule has 0 bridgehead atoms. The van der Waals surface area contributed by atoms with Gasteiger partial charge in [-0.3, -0.25) is 4.79 Å². The van der Waals surface area contributed by atoms with Gasteiger partial charge in [-0.1, -0.05) is 18.2 Å². The number of aryl methyl sites for hydroxylation is 2. The summed E-state index contributed by atoms with van der Waals surface area (Å²) in [5.41, 5.74) is 3.58. The van der Waals surface area contributed by atoms with Gasteiger partial charge in [-0.05, 0) is 63.1 Å². The van der Waals surface area contributed by atoms with Crippen molar-refractivity contribution in [1.29, 1.82) is 0 Å². The fraction of sp³-hybridized carbons (Fsp3) is 0.588. The maximum absolute atomic E-state index is 12.2. The van der Waals surface area contributed by atoms with Crippen molar-refractivity contribution < 1.29 is 4.79 Å². The summed E-state index contributed by atoms with van der Waals surface area (Å²) in [6.07, 6.45) is 4.92. The van der Waals surface area contributed by atoms with Crippen molar-refractivity contribution >= 4 is 17.5 Å². The van der Waals surface area contributed by atoms with E-state index in [-0.39, 0.29) is 11.9 Å². The lowest BCUT2D eigenvalue weighted by Crippen LogP contribution is -2.39. The second-order valence-corrected chi connectivity index (χ2v) is 6.72. The Morgan fingerprint density at radius 2 is 1.95 bits per heavy atom. The smallest absolute Gasteiger partial charge is 0.227 e. The maximum Gasteiger partial charge on any atom is 0.227 e. The predicted molar refractivity (Wildman–Crippen MR) is 84.1 cm³/mol. The monoisotopic (exact) mass is 293 g/mol. The molecule has 1 aromatic carbocycles. The molecule has 0 saturated carbocycles. The van der Waals surface area contributed by atoms with E-state index in [0.29, 0.717) is 5.88 Å². The molecule has 1 amide bonds. The molecule has 1 aromatic rings. The minimum Gasteiger partial charge on any atom is -0.349 e. The molecular formula is C17H24ClNO. The molecule has 0 aliphatic heterocycles. The molecule has 3 heteroatoms. The van der Waals surface area contributed by atoms with Crippen LogP contribution < -0.4 is 5.32 Å². The molecular weight excluding hydrogens is 270 g/mol. The minimum absolute atomic E-state index is 0.0118. The van der Waals surface area contributed by atoms with Gasteiger partial charge in [-0.2, -0.15) is 0 Å². The summed E-state index contributed by atoms with van der Waals surface area (Å²) in [5, 5.41) is 3.07. The van der Waals surface area contributed by atoms with Crippen LogP contribution in [0.5, 0.6) is 0 Å². The van der Waals surface area contributed by atoms with Gasteiger partial charge in [0.15, 0.2) is 0 Å². The van der Waals surface area contributed by atoms with Crippen molar-refractivity contribution in [3.8, 4) is 0 Å². The molecule has 0 saturated heterocycles. The standard InChI is InChI=1S/C17H24ClNO/c1-12(19-16(20)17(2,3)11-18)14-9-8-13-6-4-5-7-15(13)10-14/h8-10,12H,4-7,11H2,1-3H3,(H,19,20). The van der Waals surface area contributed by atoms with E-state index in [0.717, 1.165) is 6.42 Å². The molecule has 1 atom stereocenters. The van der Waals surface area contributed by atoms with E-state index < -0.39 is 5.41 Å². The zero-order valence-corrected chi connectivity index (χ0v) is 13.4. The highest BCUT2D eigenvalue weighted by atomic mass is 35.5. The molecule has 0 heterocycles. The van der Waals surface area contributed by atoms with Crippen LogP contribution in [0.25, 0.3) is 0 Å². The molecule has 1 N–H and O–H groups in total. The normalized spacial score (nSPS) is 16.4. The lowest BCUT2D eigenvalue weighted by Gasteiger charge is -2.25. The third-order valence-corrected chi connectivity index (χ3v) is 4.84. The summed E-state index contributed by atoms with van der Waals surface area (Å²) in [4.78, 5) is 12.2. The summed E-state index contributed by atoms with van der Waals surface area (Å²) in [6.45, 7) is 5.77. The van der Waals surface area contributed by atoms with E-state index in [2.05, 4.69) is 23.5 Å². The average molecular weight is 294 g/mol. The van der Waals surface area contributed by atoms with Crippen molar-refractivity contribution in [2.24, 2.45) is 5.41 Å². The number of hydrogen-bond acceptors (Lipinski definition) is 1. The number of rotatable bonds is 4. The van der Waals surface area contributed by atoms with Gasteiger partial charge in [0.05, 0.1) is 11.5 Å². The predicted octanol–water partition coefficient (Wildman–Crippen LogP) is 4.01. The van der Waals surface area contributed by atoms with Crippen LogP contribution in [0.15, 0.2) is 18.2 Å². The first-order chi connectivity index (χ1) is 9.44. The highest BCUT2D eigenvalue weighted by Gasteiger charge is 2.27. The van der Waals surface area contributed by atoms with Crippen LogP contribution in [0.2, 0.25) is 0 Å². The van der Waals surface area contributed by atoms with Crippen LogP contribution >= 0.6 is 11.6 Å². The van der Waals surface area contributed by atoms with Gasteiger partial charge in [-0.15, -0.1) is 11.6 Å². The molecule has 0 aromatic heterocycles. The molecule has 20 heavy (non-hydrogen) atoms.